The molecule has 1 aliphatic rings. The van der Waals surface area contributed by atoms with Crippen molar-refractivity contribution in [1.82, 2.24) is 0 Å². The molecule has 0 unspecified atom stereocenters. The van der Waals surface area contributed by atoms with Crippen LogP contribution < -0.4 is 0 Å². The second kappa shape index (κ2) is 9.24. The van der Waals surface area contributed by atoms with E-state index >= 15 is 0 Å². The normalized spacial score (nSPS) is 22.0. The number of benzene rings is 2. The molecular formula is C21H21ClF2O4S2. The maximum absolute atomic E-state index is 14.8. The molecule has 1 N–H and O–H groups in total. The molecule has 2 aromatic rings. The molecule has 0 atom stereocenters. The highest BCUT2D eigenvalue weighted by atomic mass is 35.5. The quantitative estimate of drug-likeness (QED) is 0.590. The summed E-state index contributed by atoms with van der Waals surface area (Å²) in [6, 6.07) is 8.57. The van der Waals surface area contributed by atoms with Crippen molar-refractivity contribution >= 4 is 39.2 Å². The van der Waals surface area contributed by atoms with E-state index in [1.807, 2.05) is 0 Å². The highest BCUT2D eigenvalue weighted by Gasteiger charge is 2.49. The number of sulfone groups is 1. The summed E-state index contributed by atoms with van der Waals surface area (Å²) in [5.41, 5.74) is -0.158. The van der Waals surface area contributed by atoms with Crippen molar-refractivity contribution in [2.75, 3.05) is 11.5 Å². The summed E-state index contributed by atoms with van der Waals surface area (Å²) in [5.74, 6) is -1.70. The van der Waals surface area contributed by atoms with Crippen LogP contribution in [0.1, 0.15) is 31.2 Å². The summed E-state index contributed by atoms with van der Waals surface area (Å²) in [7, 11) is -4.06. The second-order valence-corrected chi connectivity index (χ2v) is 11.2. The number of hydrogen-bond acceptors (Lipinski definition) is 4. The third-order valence-corrected chi connectivity index (χ3v) is 9.51. The van der Waals surface area contributed by atoms with E-state index in [2.05, 4.69) is 0 Å². The highest BCUT2D eigenvalue weighted by Crippen LogP contribution is 2.49. The Kier molecular flexibility index (Phi) is 7.09. The number of carbonyl (C=O) groups is 1. The Balaban J connectivity index is 1.98. The van der Waals surface area contributed by atoms with Gasteiger partial charge in [-0.15, -0.1) is 11.8 Å². The van der Waals surface area contributed by atoms with Gasteiger partial charge in [-0.05, 0) is 79.8 Å². The fraction of sp³-hybridized carbons (Fsp3) is 0.381. The number of carboxylic acids is 1. The largest absolute Gasteiger partial charge is 0.481 e. The van der Waals surface area contributed by atoms with Gasteiger partial charge < -0.3 is 5.11 Å². The van der Waals surface area contributed by atoms with Gasteiger partial charge >= 0.3 is 5.97 Å². The van der Waals surface area contributed by atoms with E-state index in [1.165, 1.54) is 36.0 Å². The van der Waals surface area contributed by atoms with Gasteiger partial charge in [0.1, 0.15) is 16.4 Å². The van der Waals surface area contributed by atoms with Gasteiger partial charge in [-0.25, -0.2) is 17.2 Å². The van der Waals surface area contributed by atoms with Crippen molar-refractivity contribution in [2.45, 2.75) is 35.3 Å². The molecule has 0 radical (unpaired) electrons. The van der Waals surface area contributed by atoms with Crippen molar-refractivity contribution < 1.29 is 27.1 Å². The van der Waals surface area contributed by atoms with Crippen LogP contribution >= 0.6 is 23.4 Å². The molecule has 1 saturated carbocycles. The first-order valence-electron chi connectivity index (χ1n) is 9.41. The molecule has 1 fully saturated rings. The predicted octanol–water partition coefficient (Wildman–Crippen LogP) is 5.30. The first kappa shape index (κ1) is 23.0. The minimum atomic E-state index is -4.06. The van der Waals surface area contributed by atoms with Gasteiger partial charge in [0.2, 0.25) is 0 Å². The lowest BCUT2D eigenvalue weighted by Crippen LogP contribution is -2.41. The summed E-state index contributed by atoms with van der Waals surface area (Å²) < 4.78 is 54.5. The van der Waals surface area contributed by atoms with Gasteiger partial charge in [0, 0.05) is 10.6 Å². The molecule has 9 heteroatoms. The summed E-state index contributed by atoms with van der Waals surface area (Å²) in [4.78, 5) is 10.7. The Bertz CT molecular complexity index is 1020. The van der Waals surface area contributed by atoms with Gasteiger partial charge in [-0.3, -0.25) is 4.79 Å². The van der Waals surface area contributed by atoms with Crippen LogP contribution in [0.5, 0.6) is 0 Å². The third kappa shape index (κ3) is 4.65. The molecule has 0 heterocycles. The molecule has 0 saturated heterocycles. The minimum Gasteiger partial charge on any atom is -0.481 e. The lowest BCUT2D eigenvalue weighted by molar-refractivity contribution is -0.133. The maximum atomic E-state index is 14.8. The van der Waals surface area contributed by atoms with Crippen LogP contribution in [0.4, 0.5) is 8.78 Å². The van der Waals surface area contributed by atoms with E-state index in [9.17, 15) is 22.0 Å². The molecule has 0 spiro atoms. The van der Waals surface area contributed by atoms with Gasteiger partial charge in [0.25, 0.3) is 0 Å². The van der Waals surface area contributed by atoms with Crippen LogP contribution in [0.3, 0.4) is 0 Å². The summed E-state index contributed by atoms with van der Waals surface area (Å²) in [5, 5.41) is 9.17. The number of thioether (sulfide) groups is 1. The average molecular weight is 475 g/mol. The summed E-state index contributed by atoms with van der Waals surface area (Å²) in [6.07, 6.45) is 1.18. The first-order valence-corrected chi connectivity index (χ1v) is 12.4. The average Bonchev–Trinajstić information content (AvgIpc) is 2.70. The van der Waals surface area contributed by atoms with Crippen LogP contribution in [0, 0.1) is 17.6 Å². The molecule has 162 valence electrons. The third-order valence-electron chi connectivity index (χ3n) is 5.55. The Hall–Kier alpha value is -1.64. The van der Waals surface area contributed by atoms with Crippen LogP contribution in [-0.2, 0) is 19.4 Å². The number of aliphatic carboxylic acids is 1. The molecule has 1 aliphatic carbocycles. The number of carboxylic acid groups (broad SMARTS) is 1. The van der Waals surface area contributed by atoms with E-state index in [0.29, 0.717) is 23.6 Å². The van der Waals surface area contributed by atoms with Gasteiger partial charge in [-0.2, -0.15) is 0 Å². The second-order valence-electron chi connectivity index (χ2n) is 7.43. The smallest absolute Gasteiger partial charge is 0.313 e. The molecule has 30 heavy (non-hydrogen) atoms. The highest BCUT2D eigenvalue weighted by molar-refractivity contribution is 7.99. The molecule has 0 bridgehead atoms. The standard InChI is InChI=1S/C21H21ClF2O4S2/c22-15-1-4-17(5-2-15)30(27,28)21(18-11-16(23)3-6-19(18)24)9-7-14(8-10-21)12-29-13-20(25)26/h1-6,11,14H,7-10,12-13H2,(H,25,26). The lowest BCUT2D eigenvalue weighted by atomic mass is 9.78. The van der Waals surface area contributed by atoms with Crippen molar-refractivity contribution in [3.05, 3.63) is 64.7 Å². The van der Waals surface area contributed by atoms with Crippen LogP contribution in [0.25, 0.3) is 0 Å². The van der Waals surface area contributed by atoms with E-state index in [1.54, 1.807) is 0 Å². The topological polar surface area (TPSA) is 71.4 Å². The first-order chi connectivity index (χ1) is 14.2. The van der Waals surface area contributed by atoms with Crippen molar-refractivity contribution in [1.29, 1.82) is 0 Å². The Morgan fingerprint density at radius 1 is 1.13 bits per heavy atom. The van der Waals surface area contributed by atoms with Gasteiger partial charge in [0.05, 0.1) is 10.6 Å². The van der Waals surface area contributed by atoms with Crippen molar-refractivity contribution in [3.63, 3.8) is 0 Å². The molecule has 0 aliphatic heterocycles. The fourth-order valence-corrected chi connectivity index (χ4v) is 7.24. The van der Waals surface area contributed by atoms with E-state index in [0.717, 1.165) is 18.2 Å². The van der Waals surface area contributed by atoms with Crippen molar-refractivity contribution in [3.8, 4) is 0 Å². The molecule has 0 aromatic heterocycles. The van der Waals surface area contributed by atoms with Crippen molar-refractivity contribution in [2.24, 2.45) is 5.92 Å². The maximum Gasteiger partial charge on any atom is 0.313 e. The Morgan fingerprint density at radius 2 is 1.77 bits per heavy atom. The van der Waals surface area contributed by atoms with E-state index in [-0.39, 0.29) is 35.0 Å². The Morgan fingerprint density at radius 3 is 2.37 bits per heavy atom. The molecule has 3 rings (SSSR count). The predicted molar refractivity (Wildman–Crippen MR) is 114 cm³/mol. The number of rotatable bonds is 7. The Labute approximate surface area is 183 Å². The minimum absolute atomic E-state index is 0.00858. The zero-order chi connectivity index (χ0) is 21.9. The monoisotopic (exact) mass is 474 g/mol. The number of halogens is 3. The van der Waals surface area contributed by atoms with Gasteiger partial charge in [-0.1, -0.05) is 11.6 Å². The summed E-state index contributed by atoms with van der Waals surface area (Å²) >= 11 is 7.16. The SMILES string of the molecule is O=C(O)CSCC1CCC(c2cc(F)ccc2F)(S(=O)(=O)c2ccc(Cl)cc2)CC1. The van der Waals surface area contributed by atoms with Crippen LogP contribution in [-0.4, -0.2) is 31.0 Å². The zero-order valence-corrected chi connectivity index (χ0v) is 18.4. The zero-order valence-electron chi connectivity index (χ0n) is 16.0. The van der Waals surface area contributed by atoms with Crippen LogP contribution in [0.15, 0.2) is 47.4 Å². The van der Waals surface area contributed by atoms with E-state index < -0.39 is 32.2 Å². The number of hydrogen-bond donors (Lipinski definition) is 1. The lowest BCUT2D eigenvalue weighted by Gasteiger charge is -2.40. The summed E-state index contributed by atoms with van der Waals surface area (Å²) in [6.45, 7) is 0. The van der Waals surface area contributed by atoms with Crippen LogP contribution in [0.2, 0.25) is 5.02 Å². The van der Waals surface area contributed by atoms with E-state index in [4.69, 9.17) is 16.7 Å². The molecule has 0 amide bonds. The molecular weight excluding hydrogens is 454 g/mol. The molecule has 2 aromatic carbocycles. The molecule has 4 nitrogen and oxygen atoms in total. The fourth-order valence-electron chi connectivity index (χ4n) is 3.99. The van der Waals surface area contributed by atoms with Gasteiger partial charge in [0.15, 0.2) is 9.84 Å².